The smallest absolute Gasteiger partial charge is 0.269 e. The zero-order valence-corrected chi connectivity index (χ0v) is 17.1. The zero-order valence-electron chi connectivity index (χ0n) is 15.5. The highest BCUT2D eigenvalue weighted by atomic mass is 79.9. The van der Waals surface area contributed by atoms with Crippen molar-refractivity contribution in [3.05, 3.63) is 81.8 Å². The lowest BCUT2D eigenvalue weighted by Crippen LogP contribution is -3.00. The first-order chi connectivity index (χ1) is 13.0. The lowest BCUT2D eigenvalue weighted by atomic mass is 10.1. The van der Waals surface area contributed by atoms with Gasteiger partial charge in [0, 0.05) is 23.3 Å². The number of fused-ring (bicyclic) bond motifs is 1. The van der Waals surface area contributed by atoms with Crippen molar-refractivity contribution in [1.29, 1.82) is 0 Å². The predicted octanol–water partition coefficient (Wildman–Crippen LogP) is 0.492. The molecule has 0 amide bonds. The molecule has 1 aliphatic heterocycles. The van der Waals surface area contributed by atoms with Crippen LogP contribution < -0.4 is 21.5 Å². The summed E-state index contributed by atoms with van der Waals surface area (Å²) in [4.78, 5) is 23.0. The molecule has 0 aliphatic carbocycles. The van der Waals surface area contributed by atoms with Gasteiger partial charge in [-0.1, -0.05) is 29.8 Å². The number of carbonyl (C=O) groups is 1. The number of ketones is 1. The molecule has 0 radical (unpaired) electrons. The normalized spacial score (nSPS) is 12.3. The van der Waals surface area contributed by atoms with Gasteiger partial charge in [-0.05, 0) is 25.5 Å². The minimum atomic E-state index is -0.461. The Hall–Kier alpha value is -2.80. The monoisotopic (exact) mass is 441 g/mol. The Morgan fingerprint density at radius 3 is 2.46 bits per heavy atom. The van der Waals surface area contributed by atoms with Gasteiger partial charge in [-0.2, -0.15) is 0 Å². The molecule has 6 nitrogen and oxygen atoms in total. The average molecular weight is 442 g/mol. The molecular formula is C21H20BrN3O3. The summed E-state index contributed by atoms with van der Waals surface area (Å²) in [5.41, 5.74) is 3.96. The van der Waals surface area contributed by atoms with Crippen molar-refractivity contribution in [2.24, 2.45) is 0 Å². The van der Waals surface area contributed by atoms with Gasteiger partial charge in [0.05, 0.1) is 17.9 Å². The minimum Gasteiger partial charge on any atom is -1.00 e. The molecule has 0 saturated heterocycles. The van der Waals surface area contributed by atoms with Gasteiger partial charge in [-0.15, -0.1) is 0 Å². The molecule has 0 fully saturated rings. The molecule has 1 aliphatic rings. The summed E-state index contributed by atoms with van der Waals surface area (Å²) >= 11 is 0. The number of nitro groups is 1. The summed E-state index contributed by atoms with van der Waals surface area (Å²) in [6.45, 7) is 3.26. The van der Waals surface area contributed by atoms with Crippen molar-refractivity contribution < 1.29 is 31.3 Å². The topological polar surface area (TPSA) is 69.0 Å². The molecular weight excluding hydrogens is 422 g/mol. The van der Waals surface area contributed by atoms with Crippen LogP contribution in [0.15, 0.2) is 54.7 Å². The van der Waals surface area contributed by atoms with E-state index in [0.29, 0.717) is 5.56 Å². The van der Waals surface area contributed by atoms with Gasteiger partial charge >= 0.3 is 0 Å². The Bertz CT molecular complexity index is 1020. The molecule has 3 aromatic rings. The predicted molar refractivity (Wildman–Crippen MR) is 101 cm³/mol. The van der Waals surface area contributed by atoms with E-state index in [9.17, 15) is 14.9 Å². The van der Waals surface area contributed by atoms with Crippen molar-refractivity contribution in [3.63, 3.8) is 0 Å². The Morgan fingerprint density at radius 1 is 1.14 bits per heavy atom. The minimum absolute atomic E-state index is 0. The van der Waals surface area contributed by atoms with Gasteiger partial charge in [0.15, 0.2) is 12.2 Å². The first-order valence-electron chi connectivity index (χ1n) is 8.99. The van der Waals surface area contributed by atoms with Crippen LogP contribution in [0.4, 0.5) is 5.69 Å². The molecule has 4 rings (SSSR count). The van der Waals surface area contributed by atoms with Crippen LogP contribution in [0.5, 0.6) is 0 Å². The number of non-ortho nitro benzene ring substituents is 1. The van der Waals surface area contributed by atoms with Gasteiger partial charge in [0.2, 0.25) is 5.78 Å². The number of hydrogen-bond donors (Lipinski definition) is 0. The van der Waals surface area contributed by atoms with Crippen molar-refractivity contribution in [1.82, 2.24) is 4.57 Å². The van der Waals surface area contributed by atoms with E-state index in [1.807, 2.05) is 10.8 Å². The number of rotatable bonds is 5. The maximum atomic E-state index is 12.7. The molecule has 2 heterocycles. The number of aryl methyl sites for hydroxylation is 1. The van der Waals surface area contributed by atoms with Crippen LogP contribution in [-0.4, -0.2) is 15.3 Å². The zero-order chi connectivity index (χ0) is 19.0. The van der Waals surface area contributed by atoms with E-state index >= 15 is 0 Å². The van der Waals surface area contributed by atoms with Gasteiger partial charge in [-0.3, -0.25) is 14.9 Å². The number of imidazole rings is 1. The van der Waals surface area contributed by atoms with Crippen LogP contribution in [0.2, 0.25) is 0 Å². The van der Waals surface area contributed by atoms with Crippen LogP contribution in [0.1, 0.15) is 28.2 Å². The number of nitrogens with zero attached hydrogens (tertiary/aromatic N) is 3. The fourth-order valence-corrected chi connectivity index (χ4v) is 3.62. The van der Waals surface area contributed by atoms with Gasteiger partial charge in [0.25, 0.3) is 11.5 Å². The second-order valence-electron chi connectivity index (χ2n) is 6.91. The summed E-state index contributed by atoms with van der Waals surface area (Å²) in [5, 5.41) is 10.8. The van der Waals surface area contributed by atoms with Crippen LogP contribution in [-0.2, 0) is 19.5 Å². The molecule has 1 aromatic heterocycles. The van der Waals surface area contributed by atoms with Crippen molar-refractivity contribution in [2.45, 2.75) is 32.9 Å². The third-order valence-corrected chi connectivity index (χ3v) is 5.06. The number of aromatic nitrogens is 2. The molecule has 144 valence electrons. The lowest BCUT2D eigenvalue weighted by molar-refractivity contribution is -0.689. The van der Waals surface area contributed by atoms with E-state index in [4.69, 9.17) is 0 Å². The van der Waals surface area contributed by atoms with Crippen molar-refractivity contribution >= 4 is 11.5 Å². The highest BCUT2D eigenvalue weighted by Gasteiger charge is 2.29. The van der Waals surface area contributed by atoms with Gasteiger partial charge in [-0.25, -0.2) is 9.13 Å². The number of nitro benzene ring substituents is 1. The van der Waals surface area contributed by atoms with E-state index in [1.165, 1.54) is 29.8 Å². The van der Waals surface area contributed by atoms with E-state index in [1.54, 1.807) is 0 Å². The Kier molecular flexibility index (Phi) is 5.74. The SMILES string of the molecule is Cc1ccc(-c2c[n+](CC(=O)c3ccc([N+](=O)[O-])cc3)c3n2CCC3)cc1.[Br-]. The second kappa shape index (κ2) is 8.06. The molecule has 0 N–H and O–H groups in total. The molecule has 2 aromatic carbocycles. The number of Topliss-reactive ketones (excluding diaryl/α,β-unsaturated/α-hetero) is 1. The van der Waals surface area contributed by atoms with E-state index in [2.05, 4.69) is 35.8 Å². The average Bonchev–Trinajstić information content (AvgIpc) is 3.26. The molecule has 0 unspecified atom stereocenters. The number of benzene rings is 2. The molecule has 0 bridgehead atoms. The fourth-order valence-electron chi connectivity index (χ4n) is 3.62. The van der Waals surface area contributed by atoms with E-state index in [-0.39, 0.29) is 35.0 Å². The molecule has 0 spiro atoms. The largest absolute Gasteiger partial charge is 1.00 e. The highest BCUT2D eigenvalue weighted by Crippen LogP contribution is 2.25. The molecule has 0 saturated carbocycles. The van der Waals surface area contributed by atoms with Gasteiger partial charge < -0.3 is 17.0 Å². The lowest BCUT2D eigenvalue weighted by Gasteiger charge is -2.00. The number of hydrogen-bond acceptors (Lipinski definition) is 3. The number of halogens is 1. The third kappa shape index (κ3) is 3.75. The van der Waals surface area contributed by atoms with E-state index in [0.717, 1.165) is 36.5 Å². The molecule has 28 heavy (non-hydrogen) atoms. The maximum Gasteiger partial charge on any atom is 0.269 e. The maximum absolute atomic E-state index is 12.7. The molecule has 7 heteroatoms. The third-order valence-electron chi connectivity index (χ3n) is 5.06. The quantitative estimate of drug-likeness (QED) is 0.250. The van der Waals surface area contributed by atoms with Crippen LogP contribution in [0.25, 0.3) is 11.3 Å². The summed E-state index contributed by atoms with van der Waals surface area (Å²) in [5.74, 6) is 1.10. The van der Waals surface area contributed by atoms with Crippen molar-refractivity contribution in [3.8, 4) is 11.3 Å². The second-order valence-corrected chi connectivity index (χ2v) is 6.91. The summed E-state index contributed by atoms with van der Waals surface area (Å²) in [7, 11) is 0. The highest BCUT2D eigenvalue weighted by molar-refractivity contribution is 5.95. The summed E-state index contributed by atoms with van der Waals surface area (Å²) in [6, 6.07) is 14.2. The van der Waals surface area contributed by atoms with Gasteiger partial charge in [0.1, 0.15) is 6.20 Å². The van der Waals surface area contributed by atoms with Crippen LogP contribution in [0.3, 0.4) is 0 Å². The first kappa shape index (κ1) is 19.9. The van der Waals surface area contributed by atoms with Crippen molar-refractivity contribution in [2.75, 3.05) is 0 Å². The number of carbonyl (C=O) groups excluding carboxylic acids is 1. The fraction of sp³-hybridized carbons (Fsp3) is 0.238. The standard InChI is InChI=1S/C21H20N3O3.BrH/c1-15-4-6-16(7-5-15)19-13-22(21-3-2-12-23(19)21)14-20(25)17-8-10-18(11-9-17)24(26)27;/h4-11,13H,2-3,12,14H2,1H3;1H/q+1;/p-1. The molecule has 0 atom stereocenters. The summed E-state index contributed by atoms with van der Waals surface area (Å²) in [6.07, 6.45) is 4.06. The Balaban J connectivity index is 0.00000225. The Labute approximate surface area is 173 Å². The van der Waals surface area contributed by atoms with E-state index < -0.39 is 4.92 Å². The van der Waals surface area contributed by atoms with Crippen LogP contribution in [0, 0.1) is 17.0 Å². The summed E-state index contributed by atoms with van der Waals surface area (Å²) < 4.78 is 4.31. The van der Waals surface area contributed by atoms with Crippen LogP contribution >= 0.6 is 0 Å². The Morgan fingerprint density at radius 2 is 1.82 bits per heavy atom. The first-order valence-corrected chi connectivity index (χ1v) is 8.99.